The molecule has 5 nitrogen and oxygen atoms in total. The van der Waals surface area contributed by atoms with Crippen LogP contribution in [0.3, 0.4) is 0 Å². The first-order chi connectivity index (χ1) is 14.6. The number of benzene rings is 2. The number of aromatic nitrogens is 2. The first-order valence-electron chi connectivity index (χ1n) is 9.67. The second-order valence-corrected chi connectivity index (χ2v) is 8.43. The lowest BCUT2D eigenvalue weighted by Crippen LogP contribution is -2.06. The van der Waals surface area contributed by atoms with Crippen LogP contribution in [0.2, 0.25) is 5.02 Å². The Morgan fingerprint density at radius 2 is 1.97 bits per heavy atom. The molecule has 2 aromatic heterocycles. The third kappa shape index (κ3) is 4.67. The maximum absolute atomic E-state index is 12.8. The van der Waals surface area contributed by atoms with Crippen molar-refractivity contribution in [3.05, 3.63) is 87.6 Å². The van der Waals surface area contributed by atoms with Crippen LogP contribution in [-0.4, -0.2) is 15.8 Å². The Morgan fingerprint density at radius 1 is 1.10 bits per heavy atom. The summed E-state index contributed by atoms with van der Waals surface area (Å²) in [6, 6.07) is 17.5. The highest BCUT2D eigenvalue weighted by Crippen LogP contribution is 2.36. The summed E-state index contributed by atoms with van der Waals surface area (Å²) in [6.45, 7) is 0.926. The molecule has 4 aromatic rings. The number of hydrogen-bond acceptors (Lipinski definition) is 6. The molecule has 0 radical (unpaired) electrons. The Kier molecular flexibility index (Phi) is 6.38. The maximum Gasteiger partial charge on any atom is 0.163 e. The molecule has 0 aliphatic heterocycles. The molecule has 0 atom stereocenters. The first kappa shape index (κ1) is 20.5. The summed E-state index contributed by atoms with van der Waals surface area (Å²) in [5.41, 5.74) is 8.11. The minimum atomic E-state index is 0.109. The quantitative estimate of drug-likeness (QED) is 0.369. The summed E-state index contributed by atoms with van der Waals surface area (Å²) >= 11 is 8.16. The summed E-state index contributed by atoms with van der Waals surface area (Å²) in [7, 11) is 0. The van der Waals surface area contributed by atoms with Crippen molar-refractivity contribution < 1.29 is 4.79 Å². The maximum atomic E-state index is 12.8. The van der Waals surface area contributed by atoms with Crippen LogP contribution in [0.5, 0.6) is 0 Å². The fourth-order valence-electron chi connectivity index (χ4n) is 3.25. The van der Waals surface area contributed by atoms with Crippen molar-refractivity contribution in [1.29, 1.82) is 0 Å². The van der Waals surface area contributed by atoms with Gasteiger partial charge in [-0.2, -0.15) is 0 Å². The third-order valence-electron chi connectivity index (χ3n) is 4.84. The predicted molar refractivity (Wildman–Crippen MR) is 123 cm³/mol. The summed E-state index contributed by atoms with van der Waals surface area (Å²) in [5.74, 6) is 0.819. The zero-order valence-electron chi connectivity index (χ0n) is 16.3. The van der Waals surface area contributed by atoms with Crippen molar-refractivity contribution in [3.63, 3.8) is 0 Å². The highest BCUT2D eigenvalue weighted by Gasteiger charge is 2.13. The van der Waals surface area contributed by atoms with E-state index < -0.39 is 0 Å². The molecule has 0 saturated heterocycles. The van der Waals surface area contributed by atoms with Gasteiger partial charge in [0, 0.05) is 46.1 Å². The molecule has 2 heterocycles. The minimum absolute atomic E-state index is 0.109. The topological polar surface area (TPSA) is 80.9 Å². The lowest BCUT2D eigenvalue weighted by molar-refractivity contribution is 0.0983. The molecule has 4 rings (SSSR count). The lowest BCUT2D eigenvalue weighted by Gasteiger charge is -2.08. The third-order valence-corrected chi connectivity index (χ3v) is 6.61. The van der Waals surface area contributed by atoms with E-state index in [1.54, 1.807) is 11.3 Å². The molecule has 0 spiro atoms. The summed E-state index contributed by atoms with van der Waals surface area (Å²) in [6.07, 6.45) is 2.56. The highest BCUT2D eigenvalue weighted by atomic mass is 35.5. The van der Waals surface area contributed by atoms with Crippen molar-refractivity contribution in [3.8, 4) is 0 Å². The zero-order valence-corrected chi connectivity index (χ0v) is 17.8. The number of carbonyl (C=O) groups is 1. The monoisotopic (exact) mass is 436 g/mol. The molecule has 0 amide bonds. The Balaban J connectivity index is 1.40. The molecule has 30 heavy (non-hydrogen) atoms. The van der Waals surface area contributed by atoms with E-state index in [1.807, 2.05) is 48.5 Å². The van der Waals surface area contributed by atoms with Crippen molar-refractivity contribution in [2.24, 2.45) is 5.73 Å². The fraction of sp³-hybridized carbons (Fsp3) is 0.174. The average Bonchev–Trinajstić information content (AvgIpc) is 3.12. The first-order valence-corrected chi connectivity index (χ1v) is 10.9. The van der Waals surface area contributed by atoms with Gasteiger partial charge in [-0.3, -0.25) is 4.79 Å². The molecule has 0 bridgehead atoms. The minimum Gasteiger partial charge on any atom is -0.366 e. The molecular formula is C23H21ClN4OS. The van der Waals surface area contributed by atoms with E-state index in [2.05, 4.69) is 21.4 Å². The standard InChI is InChI=1S/C23H21ClN4OS/c24-23-18-6-1-2-7-20(18)30-21(23)9-8-19(29)16-5-3-4-15(10-16)13-26-22-11-17(12-25)27-14-28-22/h1-7,10-11,14H,8-9,12-13,25H2,(H,26,27,28). The number of fused-ring (bicyclic) bond motifs is 1. The summed E-state index contributed by atoms with van der Waals surface area (Å²) in [5, 5.41) is 5.07. The van der Waals surface area contributed by atoms with Crippen molar-refractivity contribution >= 4 is 44.6 Å². The number of halogens is 1. The summed E-state index contributed by atoms with van der Waals surface area (Å²) < 4.78 is 1.15. The highest BCUT2D eigenvalue weighted by molar-refractivity contribution is 7.19. The van der Waals surface area contributed by atoms with Gasteiger partial charge in [-0.25, -0.2) is 9.97 Å². The number of hydrogen-bond donors (Lipinski definition) is 2. The van der Waals surface area contributed by atoms with Crippen LogP contribution in [0.4, 0.5) is 5.82 Å². The van der Waals surface area contributed by atoms with Gasteiger partial charge in [0.1, 0.15) is 12.1 Å². The van der Waals surface area contributed by atoms with E-state index in [-0.39, 0.29) is 5.78 Å². The Bertz CT molecular complexity index is 1190. The predicted octanol–water partition coefficient (Wildman–Crippen LogP) is 5.23. The molecule has 152 valence electrons. The molecular weight excluding hydrogens is 416 g/mol. The van der Waals surface area contributed by atoms with Gasteiger partial charge >= 0.3 is 0 Å². The summed E-state index contributed by atoms with van der Waals surface area (Å²) in [4.78, 5) is 22.1. The number of nitrogens with two attached hydrogens (primary N) is 1. The second-order valence-electron chi connectivity index (χ2n) is 6.91. The van der Waals surface area contributed by atoms with Crippen LogP contribution in [-0.2, 0) is 19.5 Å². The van der Waals surface area contributed by atoms with Gasteiger partial charge in [-0.05, 0) is 24.1 Å². The number of rotatable bonds is 8. The number of carbonyl (C=O) groups excluding carboxylic acids is 1. The van der Waals surface area contributed by atoms with E-state index in [0.717, 1.165) is 31.2 Å². The van der Waals surface area contributed by atoms with Gasteiger partial charge in [0.15, 0.2) is 5.78 Å². The van der Waals surface area contributed by atoms with Crippen LogP contribution in [0, 0.1) is 0 Å². The fourth-order valence-corrected chi connectivity index (χ4v) is 4.78. The van der Waals surface area contributed by atoms with Crippen LogP contribution in [0.1, 0.15) is 32.9 Å². The molecule has 3 N–H and O–H groups in total. The van der Waals surface area contributed by atoms with E-state index >= 15 is 0 Å². The van der Waals surface area contributed by atoms with E-state index in [4.69, 9.17) is 17.3 Å². The Labute approximate surface area is 183 Å². The van der Waals surface area contributed by atoms with Crippen LogP contribution < -0.4 is 11.1 Å². The number of Topliss-reactive ketones (excluding diaryl/α,β-unsaturated/α-hetero) is 1. The van der Waals surface area contributed by atoms with Gasteiger partial charge in [0.2, 0.25) is 0 Å². The smallest absolute Gasteiger partial charge is 0.163 e. The Morgan fingerprint density at radius 3 is 2.80 bits per heavy atom. The zero-order chi connectivity index (χ0) is 20.9. The van der Waals surface area contributed by atoms with Gasteiger partial charge in [0.05, 0.1) is 10.7 Å². The molecule has 2 aromatic carbocycles. The normalized spacial score (nSPS) is 11.0. The number of nitrogens with zero attached hydrogens (tertiary/aromatic N) is 2. The SMILES string of the molecule is NCc1cc(NCc2cccc(C(=O)CCc3sc4ccccc4c3Cl)c2)ncn1. The molecule has 0 fully saturated rings. The average molecular weight is 437 g/mol. The number of thiophene rings is 1. The van der Waals surface area contributed by atoms with Crippen LogP contribution in [0.15, 0.2) is 60.9 Å². The van der Waals surface area contributed by atoms with Crippen molar-refractivity contribution in [1.82, 2.24) is 9.97 Å². The molecule has 0 unspecified atom stereocenters. The molecule has 0 aliphatic rings. The van der Waals surface area contributed by atoms with Gasteiger partial charge < -0.3 is 11.1 Å². The van der Waals surface area contributed by atoms with Crippen molar-refractivity contribution in [2.75, 3.05) is 5.32 Å². The molecule has 0 aliphatic carbocycles. The second kappa shape index (κ2) is 9.34. The number of aryl methyl sites for hydroxylation is 1. The number of nitrogens with one attached hydrogen (secondary N) is 1. The van der Waals surface area contributed by atoms with Crippen LogP contribution >= 0.6 is 22.9 Å². The molecule has 7 heteroatoms. The van der Waals surface area contributed by atoms with Gasteiger partial charge in [-0.1, -0.05) is 48.0 Å². The lowest BCUT2D eigenvalue weighted by atomic mass is 10.0. The Hall–Kier alpha value is -2.80. The van der Waals surface area contributed by atoms with E-state index in [9.17, 15) is 4.79 Å². The van der Waals surface area contributed by atoms with E-state index in [0.29, 0.717) is 37.3 Å². The van der Waals surface area contributed by atoms with Gasteiger partial charge in [0.25, 0.3) is 0 Å². The molecule has 0 saturated carbocycles. The van der Waals surface area contributed by atoms with E-state index in [1.165, 1.54) is 6.33 Å². The van der Waals surface area contributed by atoms with Crippen LogP contribution in [0.25, 0.3) is 10.1 Å². The number of ketones is 1. The number of anilines is 1. The largest absolute Gasteiger partial charge is 0.366 e. The van der Waals surface area contributed by atoms with Crippen molar-refractivity contribution in [2.45, 2.75) is 25.9 Å². The van der Waals surface area contributed by atoms with Gasteiger partial charge in [-0.15, -0.1) is 11.3 Å².